The Balaban J connectivity index is 0.000001000. The van der Waals surface area contributed by atoms with Gasteiger partial charge in [-0.1, -0.05) is 12.1 Å². The van der Waals surface area contributed by atoms with Crippen LogP contribution in [0.3, 0.4) is 0 Å². The van der Waals surface area contributed by atoms with Crippen LogP contribution in [0.15, 0.2) is 24.3 Å². The molecule has 0 bridgehead atoms. The fourth-order valence-electron chi connectivity index (χ4n) is 0.635. The van der Waals surface area contributed by atoms with Gasteiger partial charge in [-0.25, -0.2) is 4.79 Å². The van der Waals surface area contributed by atoms with Crippen molar-refractivity contribution in [3.05, 3.63) is 33.4 Å². The molecule has 2 nitrogen and oxygen atoms in total. The quantitative estimate of drug-likeness (QED) is 0.625. The first kappa shape index (κ1) is 12.1. The maximum absolute atomic E-state index is 10.4. The van der Waals surface area contributed by atoms with Crippen molar-refractivity contribution >= 4 is 79.9 Å². The summed E-state index contributed by atoms with van der Waals surface area (Å²) in [5.41, 5.74) is 0.364. The van der Waals surface area contributed by atoms with E-state index in [9.17, 15) is 4.79 Å². The first-order valence-corrected chi connectivity index (χ1v) is 3.77. The molecule has 0 fully saturated rings. The van der Waals surface area contributed by atoms with E-state index < -0.39 is 5.97 Å². The Morgan fingerprint density at radius 2 is 1.91 bits per heavy atom. The van der Waals surface area contributed by atoms with Gasteiger partial charge >= 0.3 is 57.4 Å². The molecule has 0 saturated carbocycles. The zero-order valence-corrected chi connectivity index (χ0v) is 7.20. The van der Waals surface area contributed by atoms with Gasteiger partial charge in [0, 0.05) is 3.57 Å². The van der Waals surface area contributed by atoms with E-state index in [1.165, 1.54) is 0 Å². The van der Waals surface area contributed by atoms with Crippen molar-refractivity contribution < 1.29 is 9.90 Å². The molecule has 0 saturated heterocycles. The Hall–Kier alpha value is 1.06. The van der Waals surface area contributed by atoms with Gasteiger partial charge in [0.25, 0.3) is 0 Å². The van der Waals surface area contributed by atoms with Gasteiger partial charge in [0.05, 0.1) is 5.56 Å². The van der Waals surface area contributed by atoms with Crippen LogP contribution in [0.1, 0.15) is 10.4 Å². The van der Waals surface area contributed by atoms with E-state index in [1.807, 2.05) is 28.7 Å². The van der Waals surface area contributed by atoms with Gasteiger partial charge in [-0.15, -0.1) is 0 Å². The second-order valence-corrected chi connectivity index (χ2v) is 2.95. The summed E-state index contributed by atoms with van der Waals surface area (Å²) in [4.78, 5) is 10.4. The van der Waals surface area contributed by atoms with Gasteiger partial charge in [0.1, 0.15) is 0 Å². The molecule has 0 aliphatic heterocycles. The Kier molecular flexibility index (Phi) is 6.20. The van der Waals surface area contributed by atoms with Crippen LogP contribution >= 0.6 is 22.6 Å². The predicted octanol–water partition coefficient (Wildman–Crippen LogP) is 1.34. The monoisotopic (exact) mass is 288 g/mol. The molecular formula is C7H6IKO2. The van der Waals surface area contributed by atoms with E-state index >= 15 is 0 Å². The Labute approximate surface area is 121 Å². The van der Waals surface area contributed by atoms with E-state index in [0.717, 1.165) is 3.57 Å². The summed E-state index contributed by atoms with van der Waals surface area (Å²) in [6.45, 7) is 0. The van der Waals surface area contributed by atoms with Crippen molar-refractivity contribution in [2.75, 3.05) is 0 Å². The molecule has 0 aromatic heterocycles. The molecule has 1 rings (SSSR count). The summed E-state index contributed by atoms with van der Waals surface area (Å²) < 4.78 is 0.771. The molecule has 0 radical (unpaired) electrons. The third kappa shape index (κ3) is 3.52. The number of benzene rings is 1. The predicted molar refractivity (Wildman–Crippen MR) is 53.3 cm³/mol. The van der Waals surface area contributed by atoms with Crippen LogP contribution in [0.4, 0.5) is 0 Å². The van der Waals surface area contributed by atoms with Crippen molar-refractivity contribution in [1.82, 2.24) is 0 Å². The first-order chi connectivity index (χ1) is 4.72. The third-order valence-electron chi connectivity index (χ3n) is 1.10. The molecule has 1 aromatic rings. The Morgan fingerprint density at radius 3 is 2.27 bits per heavy atom. The van der Waals surface area contributed by atoms with Crippen molar-refractivity contribution in [2.24, 2.45) is 0 Å². The van der Waals surface area contributed by atoms with Gasteiger partial charge in [-0.2, -0.15) is 0 Å². The molecule has 54 valence electrons. The number of rotatable bonds is 1. The molecule has 1 N–H and O–H groups in total. The molecular weight excluding hydrogens is 282 g/mol. The zero-order valence-electron chi connectivity index (χ0n) is 5.04. The summed E-state index contributed by atoms with van der Waals surface area (Å²) in [7, 11) is 0. The molecule has 0 amide bonds. The molecule has 0 heterocycles. The molecule has 0 aliphatic rings. The van der Waals surface area contributed by atoms with Crippen molar-refractivity contribution in [3.63, 3.8) is 0 Å². The summed E-state index contributed by atoms with van der Waals surface area (Å²) in [5.74, 6) is -0.870. The van der Waals surface area contributed by atoms with Gasteiger partial charge in [0.2, 0.25) is 0 Å². The minimum absolute atomic E-state index is 0. The average Bonchev–Trinajstić information content (AvgIpc) is 1.88. The maximum atomic E-state index is 10.4. The standard InChI is InChI=1S/C7H5IO2.K.H/c8-6-4-2-1-3-5(6)7(9)10;;/h1-4H,(H,9,10);;. The van der Waals surface area contributed by atoms with Crippen LogP contribution in [0.25, 0.3) is 0 Å². The zero-order chi connectivity index (χ0) is 7.56. The summed E-state index contributed by atoms with van der Waals surface area (Å²) in [6.07, 6.45) is 0. The number of carbonyl (C=O) groups is 1. The van der Waals surface area contributed by atoms with Gasteiger partial charge in [0.15, 0.2) is 0 Å². The van der Waals surface area contributed by atoms with Crippen LogP contribution in [-0.2, 0) is 0 Å². The number of hydrogen-bond acceptors (Lipinski definition) is 1. The van der Waals surface area contributed by atoms with Gasteiger partial charge in [-0.3, -0.25) is 0 Å². The molecule has 0 aliphatic carbocycles. The first-order valence-electron chi connectivity index (χ1n) is 2.69. The van der Waals surface area contributed by atoms with Crippen LogP contribution in [-0.4, -0.2) is 62.5 Å². The number of halogens is 1. The summed E-state index contributed by atoms with van der Waals surface area (Å²) in [5, 5.41) is 8.56. The van der Waals surface area contributed by atoms with Crippen LogP contribution in [0.2, 0.25) is 0 Å². The van der Waals surface area contributed by atoms with Crippen molar-refractivity contribution in [1.29, 1.82) is 0 Å². The van der Waals surface area contributed by atoms with E-state index in [-0.39, 0.29) is 51.4 Å². The van der Waals surface area contributed by atoms with Crippen LogP contribution in [0.5, 0.6) is 0 Å². The second-order valence-electron chi connectivity index (χ2n) is 1.78. The average molecular weight is 288 g/mol. The number of aromatic carboxylic acids is 1. The third-order valence-corrected chi connectivity index (χ3v) is 2.04. The normalized spacial score (nSPS) is 8.45. The van der Waals surface area contributed by atoms with E-state index in [0.29, 0.717) is 5.56 Å². The summed E-state index contributed by atoms with van der Waals surface area (Å²) in [6, 6.07) is 6.88. The molecule has 0 spiro atoms. The van der Waals surface area contributed by atoms with Crippen LogP contribution < -0.4 is 0 Å². The SMILES string of the molecule is O=C(O)c1ccccc1I.[KH]. The van der Waals surface area contributed by atoms with Gasteiger partial charge < -0.3 is 5.11 Å². The topological polar surface area (TPSA) is 37.3 Å². The molecule has 0 unspecified atom stereocenters. The summed E-state index contributed by atoms with van der Waals surface area (Å²) >= 11 is 1.99. The van der Waals surface area contributed by atoms with E-state index in [4.69, 9.17) is 5.11 Å². The number of carboxylic acids is 1. The molecule has 11 heavy (non-hydrogen) atoms. The fourth-order valence-corrected chi connectivity index (χ4v) is 1.25. The van der Waals surface area contributed by atoms with Crippen molar-refractivity contribution in [2.45, 2.75) is 0 Å². The second kappa shape index (κ2) is 5.66. The fraction of sp³-hybridized carbons (Fsp3) is 0. The van der Waals surface area contributed by atoms with Gasteiger partial charge in [-0.05, 0) is 34.7 Å². The molecule has 1 aromatic carbocycles. The minimum atomic E-state index is -0.870. The van der Waals surface area contributed by atoms with Crippen molar-refractivity contribution in [3.8, 4) is 0 Å². The Bertz CT molecular complexity index is 262. The molecule has 4 heteroatoms. The number of hydrogen-bond donors (Lipinski definition) is 1. The van der Waals surface area contributed by atoms with E-state index in [1.54, 1.807) is 18.2 Å². The van der Waals surface area contributed by atoms with Crippen LogP contribution in [0, 0.1) is 3.57 Å². The molecule has 0 atom stereocenters. The van der Waals surface area contributed by atoms with E-state index in [2.05, 4.69) is 0 Å². The Morgan fingerprint density at radius 1 is 1.36 bits per heavy atom. The number of carboxylic acid groups (broad SMARTS) is 1.